The molecule has 0 atom stereocenters. The topological polar surface area (TPSA) is 64.4 Å². The van der Waals surface area contributed by atoms with Gasteiger partial charge in [-0.15, -0.1) is 0 Å². The van der Waals surface area contributed by atoms with Crippen molar-refractivity contribution in [1.29, 1.82) is 0 Å². The number of nitrogens with zero attached hydrogens (tertiary/aromatic N) is 1. The number of benzene rings is 2. The van der Waals surface area contributed by atoms with Crippen LogP contribution in [-0.2, 0) is 0 Å². The number of alkyl halides is 2. The maximum atomic E-state index is 12.2. The SMILES string of the molecule is O=C(Nc1cccc(OC(F)F)c1)c1ncc(-c2ccccc2)o1. The molecular formula is C17H12F2N2O3. The predicted molar refractivity (Wildman–Crippen MR) is 83.0 cm³/mol. The van der Waals surface area contributed by atoms with Crippen LogP contribution in [0.1, 0.15) is 10.7 Å². The van der Waals surface area contributed by atoms with Crippen LogP contribution in [0.25, 0.3) is 11.3 Å². The lowest BCUT2D eigenvalue weighted by Gasteiger charge is -2.07. The number of anilines is 1. The molecule has 0 saturated heterocycles. The van der Waals surface area contributed by atoms with E-state index in [-0.39, 0.29) is 17.3 Å². The van der Waals surface area contributed by atoms with Crippen LogP contribution in [-0.4, -0.2) is 17.5 Å². The Kier molecular flexibility index (Phi) is 4.51. The van der Waals surface area contributed by atoms with E-state index < -0.39 is 12.5 Å². The lowest BCUT2D eigenvalue weighted by Crippen LogP contribution is -2.12. The third-order valence-corrected chi connectivity index (χ3v) is 3.08. The zero-order chi connectivity index (χ0) is 16.9. The molecular weight excluding hydrogens is 318 g/mol. The molecule has 1 amide bonds. The second kappa shape index (κ2) is 6.91. The van der Waals surface area contributed by atoms with Crippen molar-refractivity contribution in [1.82, 2.24) is 4.98 Å². The van der Waals surface area contributed by atoms with Gasteiger partial charge in [-0.25, -0.2) is 4.98 Å². The fourth-order valence-electron chi connectivity index (χ4n) is 2.05. The van der Waals surface area contributed by atoms with E-state index in [9.17, 15) is 13.6 Å². The molecule has 0 unspecified atom stereocenters. The van der Waals surface area contributed by atoms with Gasteiger partial charge < -0.3 is 14.5 Å². The number of carbonyl (C=O) groups excluding carboxylic acids is 1. The quantitative estimate of drug-likeness (QED) is 0.761. The lowest BCUT2D eigenvalue weighted by atomic mass is 10.2. The van der Waals surface area contributed by atoms with Gasteiger partial charge in [0.1, 0.15) is 5.75 Å². The van der Waals surface area contributed by atoms with Gasteiger partial charge in [-0.1, -0.05) is 36.4 Å². The van der Waals surface area contributed by atoms with Crippen molar-refractivity contribution in [2.24, 2.45) is 0 Å². The first kappa shape index (κ1) is 15.7. The van der Waals surface area contributed by atoms with Gasteiger partial charge in [-0.3, -0.25) is 4.79 Å². The van der Waals surface area contributed by atoms with Crippen molar-refractivity contribution in [2.45, 2.75) is 6.61 Å². The standard InChI is InChI=1S/C17H12F2N2O3/c18-17(19)23-13-8-4-7-12(9-13)21-15(22)16-20-10-14(24-16)11-5-2-1-3-6-11/h1-10,17H,(H,21,22). The van der Waals surface area contributed by atoms with Crippen molar-refractivity contribution in [3.8, 4) is 17.1 Å². The van der Waals surface area contributed by atoms with Crippen molar-refractivity contribution in [2.75, 3.05) is 5.32 Å². The lowest BCUT2D eigenvalue weighted by molar-refractivity contribution is -0.0497. The van der Waals surface area contributed by atoms with Gasteiger partial charge in [0.05, 0.1) is 6.20 Å². The number of hydrogen-bond donors (Lipinski definition) is 1. The Balaban J connectivity index is 1.73. The highest BCUT2D eigenvalue weighted by Crippen LogP contribution is 2.22. The smallest absolute Gasteiger partial charge is 0.387 e. The summed E-state index contributed by atoms with van der Waals surface area (Å²) in [6.07, 6.45) is 1.45. The van der Waals surface area contributed by atoms with E-state index in [1.807, 2.05) is 30.3 Å². The van der Waals surface area contributed by atoms with Crippen LogP contribution in [0.4, 0.5) is 14.5 Å². The van der Waals surface area contributed by atoms with E-state index in [4.69, 9.17) is 4.42 Å². The van der Waals surface area contributed by atoms with E-state index >= 15 is 0 Å². The van der Waals surface area contributed by atoms with Gasteiger partial charge in [0.2, 0.25) is 0 Å². The molecule has 0 bridgehead atoms. The average molecular weight is 330 g/mol. The highest BCUT2D eigenvalue weighted by atomic mass is 19.3. The Morgan fingerprint density at radius 3 is 2.67 bits per heavy atom. The predicted octanol–water partition coefficient (Wildman–Crippen LogP) is 4.20. The molecule has 1 heterocycles. The number of carbonyl (C=O) groups is 1. The van der Waals surface area contributed by atoms with Gasteiger partial charge in [-0.2, -0.15) is 8.78 Å². The van der Waals surface area contributed by atoms with Crippen molar-refractivity contribution in [3.63, 3.8) is 0 Å². The molecule has 1 N–H and O–H groups in total. The van der Waals surface area contributed by atoms with Crippen LogP contribution < -0.4 is 10.1 Å². The van der Waals surface area contributed by atoms with Gasteiger partial charge >= 0.3 is 12.5 Å². The third kappa shape index (κ3) is 3.75. The van der Waals surface area contributed by atoms with E-state index in [0.717, 1.165) is 5.56 Å². The number of amides is 1. The van der Waals surface area contributed by atoms with Gasteiger partial charge in [0, 0.05) is 17.3 Å². The maximum absolute atomic E-state index is 12.2. The molecule has 0 fully saturated rings. The van der Waals surface area contributed by atoms with Gasteiger partial charge in [0.15, 0.2) is 5.76 Å². The Morgan fingerprint density at radius 2 is 1.92 bits per heavy atom. The summed E-state index contributed by atoms with van der Waals surface area (Å²) >= 11 is 0. The second-order valence-corrected chi connectivity index (χ2v) is 4.76. The minimum Gasteiger partial charge on any atom is -0.435 e. The fraction of sp³-hybridized carbons (Fsp3) is 0.0588. The Morgan fingerprint density at radius 1 is 1.12 bits per heavy atom. The fourth-order valence-corrected chi connectivity index (χ4v) is 2.05. The summed E-state index contributed by atoms with van der Waals surface area (Å²) < 4.78 is 34.1. The van der Waals surface area contributed by atoms with E-state index in [1.165, 1.54) is 30.5 Å². The Labute approximate surface area is 135 Å². The van der Waals surface area contributed by atoms with E-state index in [0.29, 0.717) is 5.76 Å². The number of rotatable bonds is 5. The molecule has 24 heavy (non-hydrogen) atoms. The number of aromatic nitrogens is 1. The summed E-state index contributed by atoms with van der Waals surface area (Å²) in [5.41, 5.74) is 1.08. The molecule has 3 aromatic rings. The number of halogens is 2. The molecule has 0 aliphatic rings. The molecule has 0 radical (unpaired) electrons. The second-order valence-electron chi connectivity index (χ2n) is 4.76. The first-order valence-corrected chi connectivity index (χ1v) is 6.99. The molecule has 0 spiro atoms. The summed E-state index contributed by atoms with van der Waals surface area (Å²) in [4.78, 5) is 16.1. The summed E-state index contributed by atoms with van der Waals surface area (Å²) in [6.45, 7) is -2.93. The van der Waals surface area contributed by atoms with Crippen LogP contribution in [0.5, 0.6) is 5.75 Å². The highest BCUT2D eigenvalue weighted by Gasteiger charge is 2.15. The molecule has 5 nitrogen and oxygen atoms in total. The molecule has 0 aliphatic heterocycles. The maximum Gasteiger partial charge on any atom is 0.387 e. The van der Waals surface area contributed by atoms with Crippen LogP contribution in [0, 0.1) is 0 Å². The van der Waals surface area contributed by atoms with Crippen LogP contribution in [0.2, 0.25) is 0 Å². The highest BCUT2D eigenvalue weighted by molar-refractivity contribution is 6.01. The summed E-state index contributed by atoms with van der Waals surface area (Å²) in [5.74, 6) is -0.323. The Bertz CT molecular complexity index is 835. The average Bonchev–Trinajstić information content (AvgIpc) is 3.05. The van der Waals surface area contributed by atoms with Crippen LogP contribution in [0.3, 0.4) is 0 Å². The summed E-state index contributed by atoms with van der Waals surface area (Å²) in [7, 11) is 0. The number of hydrogen-bond acceptors (Lipinski definition) is 4. The summed E-state index contributed by atoms with van der Waals surface area (Å²) in [6, 6.07) is 14.9. The largest absolute Gasteiger partial charge is 0.435 e. The number of oxazole rings is 1. The molecule has 3 rings (SSSR count). The molecule has 1 aromatic heterocycles. The zero-order valence-electron chi connectivity index (χ0n) is 12.3. The van der Waals surface area contributed by atoms with Gasteiger partial charge in [0.25, 0.3) is 5.89 Å². The normalized spacial score (nSPS) is 10.6. The number of nitrogens with one attached hydrogen (secondary N) is 1. The minimum absolute atomic E-state index is 0.0554. The van der Waals surface area contributed by atoms with Crippen LogP contribution >= 0.6 is 0 Å². The van der Waals surface area contributed by atoms with E-state index in [2.05, 4.69) is 15.0 Å². The van der Waals surface area contributed by atoms with Crippen LogP contribution in [0.15, 0.2) is 65.2 Å². The molecule has 0 aliphatic carbocycles. The third-order valence-electron chi connectivity index (χ3n) is 3.08. The first-order chi connectivity index (χ1) is 11.6. The molecule has 122 valence electrons. The number of ether oxygens (including phenoxy) is 1. The molecule has 0 saturated carbocycles. The monoisotopic (exact) mass is 330 g/mol. The minimum atomic E-state index is -2.93. The zero-order valence-corrected chi connectivity index (χ0v) is 12.3. The van der Waals surface area contributed by atoms with Crippen molar-refractivity contribution in [3.05, 3.63) is 66.7 Å². The van der Waals surface area contributed by atoms with Crippen molar-refractivity contribution < 1.29 is 22.7 Å². The molecule has 7 heteroatoms. The van der Waals surface area contributed by atoms with E-state index in [1.54, 1.807) is 0 Å². The first-order valence-electron chi connectivity index (χ1n) is 6.99. The Hall–Kier alpha value is -3.22. The summed E-state index contributed by atoms with van der Waals surface area (Å²) in [5, 5.41) is 2.52. The van der Waals surface area contributed by atoms with Gasteiger partial charge in [-0.05, 0) is 12.1 Å². The van der Waals surface area contributed by atoms with Crippen molar-refractivity contribution >= 4 is 11.6 Å². The molecule has 2 aromatic carbocycles.